The van der Waals surface area contributed by atoms with Crippen LogP contribution in [-0.2, 0) is 9.84 Å². The highest BCUT2D eigenvalue weighted by Crippen LogP contribution is 2.31. The van der Waals surface area contributed by atoms with E-state index in [2.05, 4.69) is 10.3 Å². The van der Waals surface area contributed by atoms with Crippen molar-refractivity contribution in [1.29, 1.82) is 0 Å². The number of amides is 1. The molecule has 1 N–H and O–H groups in total. The van der Waals surface area contributed by atoms with Crippen LogP contribution in [0, 0.1) is 12.7 Å². The standard InChI is InChI=1S/C26H21FN2O3S/c1-17-21(9-6-10-24(17)27)23-16-20(33(2,31)32)12-13-22(23)26(30)29-19-8-5-7-18(15-19)25-11-3-4-14-28-25/h3-16H,1-2H3,(H,29,30). The van der Waals surface area contributed by atoms with E-state index in [1.54, 1.807) is 31.3 Å². The third-order valence-corrected chi connectivity index (χ3v) is 6.41. The number of carbonyl (C=O) groups is 1. The normalized spacial score (nSPS) is 11.2. The topological polar surface area (TPSA) is 76.1 Å². The average molecular weight is 461 g/mol. The van der Waals surface area contributed by atoms with E-state index < -0.39 is 21.6 Å². The van der Waals surface area contributed by atoms with Crippen molar-refractivity contribution in [1.82, 2.24) is 4.98 Å². The first-order valence-electron chi connectivity index (χ1n) is 10.2. The summed E-state index contributed by atoms with van der Waals surface area (Å²) >= 11 is 0. The van der Waals surface area contributed by atoms with Gasteiger partial charge in [-0.15, -0.1) is 0 Å². The van der Waals surface area contributed by atoms with Crippen molar-refractivity contribution < 1.29 is 17.6 Å². The molecular weight excluding hydrogens is 439 g/mol. The van der Waals surface area contributed by atoms with Gasteiger partial charge in [0.25, 0.3) is 5.91 Å². The van der Waals surface area contributed by atoms with E-state index in [-0.39, 0.29) is 10.5 Å². The average Bonchev–Trinajstić information content (AvgIpc) is 2.80. The Kier molecular flexibility index (Phi) is 6.07. The Hall–Kier alpha value is -3.84. The minimum Gasteiger partial charge on any atom is -0.322 e. The summed E-state index contributed by atoms with van der Waals surface area (Å²) in [6.07, 6.45) is 2.78. The monoisotopic (exact) mass is 460 g/mol. The fraction of sp³-hybridized carbons (Fsp3) is 0.0769. The van der Waals surface area contributed by atoms with Crippen LogP contribution in [0.2, 0.25) is 0 Å². The summed E-state index contributed by atoms with van der Waals surface area (Å²) in [7, 11) is -3.53. The van der Waals surface area contributed by atoms with Crippen LogP contribution >= 0.6 is 0 Å². The van der Waals surface area contributed by atoms with Crippen molar-refractivity contribution in [3.8, 4) is 22.4 Å². The molecule has 0 bridgehead atoms. The predicted molar refractivity (Wildman–Crippen MR) is 127 cm³/mol. The van der Waals surface area contributed by atoms with Crippen LogP contribution in [0.15, 0.2) is 90.0 Å². The molecule has 0 atom stereocenters. The fourth-order valence-electron chi connectivity index (χ4n) is 3.56. The van der Waals surface area contributed by atoms with E-state index in [4.69, 9.17) is 0 Å². The van der Waals surface area contributed by atoms with E-state index in [1.165, 1.54) is 30.3 Å². The molecule has 3 aromatic carbocycles. The molecule has 0 aliphatic heterocycles. The number of carbonyl (C=O) groups excluding carboxylic acids is 1. The number of sulfone groups is 1. The highest BCUT2D eigenvalue weighted by Gasteiger charge is 2.19. The van der Waals surface area contributed by atoms with E-state index in [0.717, 1.165) is 17.5 Å². The molecule has 4 rings (SSSR count). The number of pyridine rings is 1. The van der Waals surface area contributed by atoms with Gasteiger partial charge >= 0.3 is 0 Å². The van der Waals surface area contributed by atoms with Crippen molar-refractivity contribution in [2.24, 2.45) is 0 Å². The number of anilines is 1. The molecule has 0 spiro atoms. The number of nitrogens with zero attached hydrogens (tertiary/aromatic N) is 1. The van der Waals surface area contributed by atoms with Crippen LogP contribution in [0.25, 0.3) is 22.4 Å². The van der Waals surface area contributed by atoms with Crippen LogP contribution in [0.1, 0.15) is 15.9 Å². The Morgan fingerprint density at radius 3 is 2.42 bits per heavy atom. The maximum absolute atomic E-state index is 14.3. The van der Waals surface area contributed by atoms with Crippen LogP contribution in [0.4, 0.5) is 10.1 Å². The van der Waals surface area contributed by atoms with E-state index in [9.17, 15) is 17.6 Å². The number of nitrogens with one attached hydrogen (secondary N) is 1. The summed E-state index contributed by atoms with van der Waals surface area (Å²) in [5, 5.41) is 2.86. The maximum Gasteiger partial charge on any atom is 0.256 e. The maximum atomic E-state index is 14.3. The van der Waals surface area contributed by atoms with Gasteiger partial charge in [-0.1, -0.05) is 30.3 Å². The molecule has 33 heavy (non-hydrogen) atoms. The van der Waals surface area contributed by atoms with Crippen molar-refractivity contribution in [2.45, 2.75) is 11.8 Å². The molecule has 0 radical (unpaired) electrons. The highest BCUT2D eigenvalue weighted by atomic mass is 32.2. The van der Waals surface area contributed by atoms with Crippen LogP contribution in [0.3, 0.4) is 0 Å². The van der Waals surface area contributed by atoms with Gasteiger partial charge in [0, 0.05) is 29.3 Å². The van der Waals surface area contributed by atoms with E-state index >= 15 is 0 Å². The Labute approximate surface area is 191 Å². The minimum absolute atomic E-state index is 0.0508. The molecule has 1 amide bonds. The minimum atomic E-state index is -3.53. The second kappa shape index (κ2) is 8.96. The zero-order valence-corrected chi connectivity index (χ0v) is 18.9. The molecule has 1 heterocycles. The van der Waals surface area contributed by atoms with E-state index in [0.29, 0.717) is 22.4 Å². The van der Waals surface area contributed by atoms with Crippen LogP contribution in [0.5, 0.6) is 0 Å². The second-order valence-corrected chi connectivity index (χ2v) is 9.66. The number of halogens is 1. The first-order chi connectivity index (χ1) is 15.7. The van der Waals surface area contributed by atoms with Crippen molar-refractivity contribution in [2.75, 3.05) is 11.6 Å². The lowest BCUT2D eigenvalue weighted by Crippen LogP contribution is -2.14. The first-order valence-corrected chi connectivity index (χ1v) is 12.1. The molecular formula is C26H21FN2O3S. The SMILES string of the molecule is Cc1c(F)cccc1-c1cc(S(C)(=O)=O)ccc1C(=O)Nc1cccc(-c2ccccn2)c1. The Bertz CT molecular complexity index is 1450. The van der Waals surface area contributed by atoms with Gasteiger partial charge in [0.1, 0.15) is 5.82 Å². The lowest BCUT2D eigenvalue weighted by atomic mass is 9.95. The Morgan fingerprint density at radius 2 is 1.70 bits per heavy atom. The third-order valence-electron chi connectivity index (χ3n) is 5.30. The number of benzene rings is 3. The summed E-state index contributed by atoms with van der Waals surface area (Å²) in [5.74, 6) is -0.876. The molecule has 0 saturated heterocycles. The molecule has 5 nitrogen and oxygen atoms in total. The predicted octanol–water partition coefficient (Wildman–Crippen LogP) is 5.52. The zero-order valence-electron chi connectivity index (χ0n) is 18.0. The summed E-state index contributed by atoms with van der Waals surface area (Å²) in [4.78, 5) is 17.6. The van der Waals surface area contributed by atoms with Gasteiger partial charge in [0.15, 0.2) is 9.84 Å². The van der Waals surface area contributed by atoms with Crippen LogP contribution in [-0.4, -0.2) is 25.6 Å². The number of hydrogen-bond donors (Lipinski definition) is 1. The largest absolute Gasteiger partial charge is 0.322 e. The molecule has 166 valence electrons. The van der Waals surface area contributed by atoms with Gasteiger partial charge in [0.05, 0.1) is 10.6 Å². The van der Waals surface area contributed by atoms with Gasteiger partial charge in [-0.25, -0.2) is 12.8 Å². The first kappa shape index (κ1) is 22.4. The molecule has 0 aliphatic carbocycles. The number of aromatic nitrogens is 1. The summed E-state index contributed by atoms with van der Waals surface area (Å²) < 4.78 is 38.5. The quantitative estimate of drug-likeness (QED) is 0.426. The molecule has 1 aromatic heterocycles. The molecule has 0 fully saturated rings. The third kappa shape index (κ3) is 4.83. The van der Waals surface area contributed by atoms with Crippen LogP contribution < -0.4 is 5.32 Å². The highest BCUT2D eigenvalue weighted by molar-refractivity contribution is 7.90. The Morgan fingerprint density at radius 1 is 0.909 bits per heavy atom. The van der Waals surface area contributed by atoms with Gasteiger partial charge in [0.2, 0.25) is 0 Å². The van der Waals surface area contributed by atoms with Crippen molar-refractivity contribution in [3.05, 3.63) is 102 Å². The Balaban J connectivity index is 1.76. The lowest BCUT2D eigenvalue weighted by Gasteiger charge is -2.15. The molecule has 0 aliphatic rings. The van der Waals surface area contributed by atoms with Gasteiger partial charge in [-0.2, -0.15) is 0 Å². The summed E-state index contributed by atoms with van der Waals surface area (Å²) in [5.41, 5.74) is 3.51. The summed E-state index contributed by atoms with van der Waals surface area (Å²) in [6.45, 7) is 1.59. The zero-order chi connectivity index (χ0) is 23.6. The molecule has 4 aromatic rings. The van der Waals surface area contributed by atoms with E-state index in [1.807, 2.05) is 30.3 Å². The lowest BCUT2D eigenvalue weighted by molar-refractivity contribution is 0.102. The van der Waals surface area contributed by atoms with Crippen molar-refractivity contribution in [3.63, 3.8) is 0 Å². The molecule has 0 unspecified atom stereocenters. The molecule has 7 heteroatoms. The van der Waals surface area contributed by atoms with Gasteiger partial charge < -0.3 is 5.32 Å². The number of rotatable bonds is 5. The van der Waals surface area contributed by atoms with Gasteiger partial charge in [-0.05, 0) is 72.1 Å². The second-order valence-electron chi connectivity index (χ2n) is 7.64. The molecule has 0 saturated carbocycles. The number of hydrogen-bond acceptors (Lipinski definition) is 4. The smallest absolute Gasteiger partial charge is 0.256 e. The van der Waals surface area contributed by atoms with Crippen molar-refractivity contribution >= 4 is 21.4 Å². The fourth-order valence-corrected chi connectivity index (χ4v) is 4.21. The van der Waals surface area contributed by atoms with Gasteiger partial charge in [-0.3, -0.25) is 9.78 Å². The summed E-state index contributed by atoms with van der Waals surface area (Å²) in [6, 6.07) is 21.6.